The first-order chi connectivity index (χ1) is 8.63. The molecule has 0 unspecified atom stereocenters. The highest BCUT2D eigenvalue weighted by Gasteiger charge is 2.07. The van der Waals surface area contributed by atoms with Gasteiger partial charge in [0.2, 0.25) is 0 Å². The van der Waals surface area contributed by atoms with Crippen molar-refractivity contribution >= 4 is 0 Å². The van der Waals surface area contributed by atoms with Crippen LogP contribution in [0.2, 0.25) is 0 Å². The number of para-hydroxylation sites is 1. The summed E-state index contributed by atoms with van der Waals surface area (Å²) in [6.45, 7) is 1.33. The molecule has 0 atom stereocenters. The Balaban J connectivity index is 2.25. The van der Waals surface area contributed by atoms with Crippen molar-refractivity contribution < 1.29 is 13.5 Å². The van der Waals surface area contributed by atoms with Gasteiger partial charge in [-0.3, -0.25) is 0 Å². The molecule has 102 valence electrons. The number of hydrogen-bond acceptors (Lipinski definition) is 3. The molecule has 0 radical (unpaired) electrons. The Morgan fingerprint density at radius 2 is 2.06 bits per heavy atom. The van der Waals surface area contributed by atoms with Gasteiger partial charge in [-0.1, -0.05) is 18.2 Å². The third-order valence-electron chi connectivity index (χ3n) is 2.58. The monoisotopic (exact) mass is 258 g/mol. The number of nitrogens with two attached hydrogens (primary N) is 1. The molecule has 0 saturated carbocycles. The smallest absolute Gasteiger partial charge is 0.251 e. The summed E-state index contributed by atoms with van der Waals surface area (Å²) < 4.78 is 29.7. The number of alkyl halides is 2. The normalized spacial score (nSPS) is 11.2. The Bertz CT molecular complexity index is 348. The summed E-state index contributed by atoms with van der Waals surface area (Å²) in [5, 5.41) is 0. The van der Waals surface area contributed by atoms with E-state index in [9.17, 15) is 8.78 Å². The van der Waals surface area contributed by atoms with Gasteiger partial charge >= 0.3 is 0 Å². The fourth-order valence-electron chi connectivity index (χ4n) is 1.66. The van der Waals surface area contributed by atoms with Gasteiger partial charge in [0.1, 0.15) is 5.75 Å². The zero-order chi connectivity index (χ0) is 13.4. The standard InChI is InChI=1S/C13H20F2N2O/c1-17(10-13(14)15)7-4-8-18-12-6-3-2-5-11(12)9-16/h2-3,5-6,13H,4,7-10,16H2,1H3. The lowest BCUT2D eigenvalue weighted by Crippen LogP contribution is -2.26. The van der Waals surface area contributed by atoms with Crippen molar-refractivity contribution in [1.82, 2.24) is 4.90 Å². The molecule has 0 spiro atoms. The first-order valence-corrected chi connectivity index (χ1v) is 6.01. The summed E-state index contributed by atoms with van der Waals surface area (Å²) in [5.41, 5.74) is 6.54. The fourth-order valence-corrected chi connectivity index (χ4v) is 1.66. The number of halogens is 2. The highest BCUT2D eigenvalue weighted by molar-refractivity contribution is 5.32. The summed E-state index contributed by atoms with van der Waals surface area (Å²) in [6.07, 6.45) is -1.57. The Labute approximate surface area is 107 Å². The van der Waals surface area contributed by atoms with E-state index in [1.807, 2.05) is 24.3 Å². The summed E-state index contributed by atoms with van der Waals surface area (Å²) in [4.78, 5) is 1.60. The predicted molar refractivity (Wildman–Crippen MR) is 67.9 cm³/mol. The van der Waals surface area contributed by atoms with Crippen molar-refractivity contribution in [2.24, 2.45) is 5.73 Å². The second-order valence-electron chi connectivity index (χ2n) is 4.17. The van der Waals surface area contributed by atoms with E-state index in [1.54, 1.807) is 11.9 Å². The molecule has 0 aliphatic carbocycles. The van der Waals surface area contributed by atoms with Gasteiger partial charge in [-0.05, 0) is 19.5 Å². The van der Waals surface area contributed by atoms with Crippen LogP contribution in [-0.4, -0.2) is 38.1 Å². The maximum Gasteiger partial charge on any atom is 0.251 e. The maximum absolute atomic E-state index is 12.1. The van der Waals surface area contributed by atoms with Crippen LogP contribution < -0.4 is 10.5 Å². The van der Waals surface area contributed by atoms with E-state index >= 15 is 0 Å². The van der Waals surface area contributed by atoms with E-state index in [0.29, 0.717) is 26.1 Å². The average molecular weight is 258 g/mol. The van der Waals surface area contributed by atoms with Crippen molar-refractivity contribution in [1.29, 1.82) is 0 Å². The van der Waals surface area contributed by atoms with Crippen molar-refractivity contribution in [2.45, 2.75) is 19.4 Å². The second kappa shape index (κ2) is 8.00. The van der Waals surface area contributed by atoms with Gasteiger partial charge in [-0.25, -0.2) is 8.78 Å². The molecule has 0 amide bonds. The van der Waals surface area contributed by atoms with Crippen LogP contribution in [0.4, 0.5) is 8.78 Å². The molecule has 2 N–H and O–H groups in total. The topological polar surface area (TPSA) is 38.5 Å². The van der Waals surface area contributed by atoms with Crippen LogP contribution in [0.15, 0.2) is 24.3 Å². The zero-order valence-electron chi connectivity index (χ0n) is 10.6. The van der Waals surface area contributed by atoms with Crippen LogP contribution in [0.25, 0.3) is 0 Å². The number of rotatable bonds is 8. The number of ether oxygens (including phenoxy) is 1. The molecule has 0 aliphatic rings. The van der Waals surface area contributed by atoms with Crippen molar-refractivity contribution in [3.63, 3.8) is 0 Å². The third-order valence-corrected chi connectivity index (χ3v) is 2.58. The molecule has 0 heterocycles. The molecule has 0 bridgehead atoms. The molecule has 1 rings (SSSR count). The lowest BCUT2D eigenvalue weighted by Gasteiger charge is -2.16. The average Bonchev–Trinajstić information content (AvgIpc) is 2.34. The Morgan fingerprint density at radius 1 is 1.33 bits per heavy atom. The molecule has 5 heteroatoms. The Hall–Kier alpha value is -1.20. The molecule has 1 aromatic rings. The second-order valence-corrected chi connectivity index (χ2v) is 4.17. The van der Waals surface area contributed by atoms with Crippen molar-refractivity contribution in [3.05, 3.63) is 29.8 Å². The van der Waals surface area contributed by atoms with E-state index < -0.39 is 6.43 Å². The minimum Gasteiger partial charge on any atom is -0.493 e. The summed E-state index contributed by atoms with van der Waals surface area (Å²) in [6, 6.07) is 7.58. The van der Waals surface area contributed by atoms with E-state index in [-0.39, 0.29) is 6.54 Å². The van der Waals surface area contributed by atoms with E-state index in [0.717, 1.165) is 11.3 Å². The fraction of sp³-hybridized carbons (Fsp3) is 0.538. The highest BCUT2D eigenvalue weighted by Crippen LogP contribution is 2.17. The number of nitrogens with zero attached hydrogens (tertiary/aromatic N) is 1. The highest BCUT2D eigenvalue weighted by atomic mass is 19.3. The molecule has 0 aliphatic heterocycles. The van der Waals surface area contributed by atoms with Gasteiger partial charge in [0.15, 0.2) is 0 Å². The third kappa shape index (κ3) is 5.42. The van der Waals surface area contributed by atoms with Crippen LogP contribution in [-0.2, 0) is 6.54 Å². The van der Waals surface area contributed by atoms with Gasteiger partial charge in [0.25, 0.3) is 6.43 Å². The first-order valence-electron chi connectivity index (χ1n) is 6.01. The Morgan fingerprint density at radius 3 is 2.72 bits per heavy atom. The molecule has 3 nitrogen and oxygen atoms in total. The molecule has 1 aromatic carbocycles. The van der Waals surface area contributed by atoms with Gasteiger partial charge in [0.05, 0.1) is 13.2 Å². The molecule has 0 saturated heterocycles. The number of benzene rings is 1. The minimum atomic E-state index is -2.28. The van der Waals surface area contributed by atoms with Crippen LogP contribution in [0, 0.1) is 0 Å². The summed E-state index contributed by atoms with van der Waals surface area (Å²) in [7, 11) is 1.68. The molecular weight excluding hydrogens is 238 g/mol. The summed E-state index contributed by atoms with van der Waals surface area (Å²) >= 11 is 0. The van der Waals surface area contributed by atoms with Gasteiger partial charge in [-0.15, -0.1) is 0 Å². The zero-order valence-corrected chi connectivity index (χ0v) is 10.6. The maximum atomic E-state index is 12.1. The van der Waals surface area contributed by atoms with Crippen molar-refractivity contribution in [3.8, 4) is 5.75 Å². The van der Waals surface area contributed by atoms with E-state index in [2.05, 4.69) is 0 Å². The van der Waals surface area contributed by atoms with Crippen LogP contribution in [0.1, 0.15) is 12.0 Å². The minimum absolute atomic E-state index is 0.195. The summed E-state index contributed by atoms with van der Waals surface area (Å²) in [5.74, 6) is 0.775. The van der Waals surface area contributed by atoms with Gasteiger partial charge in [-0.2, -0.15) is 0 Å². The Kier molecular flexibility index (Phi) is 6.60. The number of hydrogen-bond donors (Lipinski definition) is 1. The lowest BCUT2D eigenvalue weighted by atomic mass is 10.2. The van der Waals surface area contributed by atoms with Crippen LogP contribution in [0.3, 0.4) is 0 Å². The lowest BCUT2D eigenvalue weighted by molar-refractivity contribution is 0.0976. The largest absolute Gasteiger partial charge is 0.493 e. The van der Waals surface area contributed by atoms with E-state index in [1.165, 1.54) is 0 Å². The van der Waals surface area contributed by atoms with Crippen LogP contribution in [0.5, 0.6) is 5.75 Å². The quantitative estimate of drug-likeness (QED) is 0.726. The molecule has 18 heavy (non-hydrogen) atoms. The molecule has 0 aromatic heterocycles. The molecule has 0 fully saturated rings. The van der Waals surface area contributed by atoms with E-state index in [4.69, 9.17) is 10.5 Å². The van der Waals surface area contributed by atoms with Gasteiger partial charge < -0.3 is 15.4 Å². The molecular formula is C13H20F2N2O. The van der Waals surface area contributed by atoms with Gasteiger partial charge in [0, 0.05) is 18.7 Å². The van der Waals surface area contributed by atoms with Crippen molar-refractivity contribution in [2.75, 3.05) is 26.7 Å². The van der Waals surface area contributed by atoms with Crippen LogP contribution >= 0.6 is 0 Å². The first kappa shape index (κ1) is 14.9. The SMILES string of the molecule is CN(CCCOc1ccccc1CN)CC(F)F. The predicted octanol–water partition coefficient (Wildman–Crippen LogP) is 2.11.